The van der Waals surface area contributed by atoms with Gasteiger partial charge in [-0.2, -0.15) is 52.4 Å². The van der Waals surface area contributed by atoms with E-state index in [0.29, 0.717) is 12.8 Å². The number of hydrogen-bond acceptors (Lipinski definition) is 7. The van der Waals surface area contributed by atoms with Gasteiger partial charge in [-0.1, -0.05) is 23.2 Å². The highest BCUT2D eigenvalue weighted by molar-refractivity contribution is 7.90. The number of nitrogens with zero attached hydrogens (tertiary/aromatic N) is 3. The van der Waals surface area contributed by atoms with Crippen LogP contribution in [0.1, 0.15) is 42.1 Å². The summed E-state index contributed by atoms with van der Waals surface area (Å²) >= 11 is 12.2. The van der Waals surface area contributed by atoms with E-state index in [1.807, 2.05) is 0 Å². The van der Waals surface area contributed by atoms with Crippen molar-refractivity contribution in [1.82, 2.24) is 14.1 Å². The first kappa shape index (κ1) is 29.7. The van der Waals surface area contributed by atoms with Gasteiger partial charge in [0.05, 0.1) is 17.9 Å². The number of alkyl halides is 6. The van der Waals surface area contributed by atoms with E-state index in [2.05, 4.69) is 9.28 Å². The average Bonchev–Trinajstić information content (AvgIpc) is 3.38. The normalized spacial score (nSPS) is 20.8. The molecule has 4 rings (SSSR count). The van der Waals surface area contributed by atoms with E-state index in [1.54, 1.807) is 0 Å². The largest absolute Gasteiger partial charge is 0.534 e. The van der Waals surface area contributed by atoms with Crippen LogP contribution in [0.4, 0.5) is 26.3 Å². The molecule has 2 atom stereocenters. The zero-order chi connectivity index (χ0) is 29.1. The van der Waals surface area contributed by atoms with Crippen molar-refractivity contribution < 1.29 is 52.2 Å². The molecule has 0 N–H and O–H groups in total. The van der Waals surface area contributed by atoms with Crippen LogP contribution in [0.5, 0.6) is 5.75 Å². The van der Waals surface area contributed by atoms with E-state index in [1.165, 1.54) is 4.90 Å². The minimum Gasteiger partial charge on any atom is -0.376 e. The van der Waals surface area contributed by atoms with Crippen molar-refractivity contribution in [2.24, 2.45) is 5.92 Å². The second-order valence-electron chi connectivity index (χ2n) is 8.82. The number of halogens is 8. The van der Waals surface area contributed by atoms with Crippen molar-refractivity contribution >= 4 is 49.3 Å². The Morgan fingerprint density at radius 1 is 1.00 bits per heavy atom. The molecule has 1 aliphatic heterocycles. The lowest BCUT2D eigenvalue weighted by molar-refractivity contribution is -0.133. The van der Waals surface area contributed by atoms with E-state index >= 15 is 0 Å². The van der Waals surface area contributed by atoms with Crippen molar-refractivity contribution in [3.63, 3.8) is 0 Å². The number of rotatable bonds is 6. The van der Waals surface area contributed by atoms with E-state index in [9.17, 15) is 48.0 Å². The Balaban J connectivity index is 1.54. The second-order valence-corrected chi connectivity index (χ2v) is 12.9. The second kappa shape index (κ2) is 9.99. The van der Waals surface area contributed by atoms with Crippen molar-refractivity contribution in [1.29, 1.82) is 0 Å². The van der Waals surface area contributed by atoms with Gasteiger partial charge in [0.25, 0.3) is 0 Å². The lowest BCUT2D eigenvalue weighted by Gasteiger charge is -2.31. The number of amides is 1. The van der Waals surface area contributed by atoms with Crippen molar-refractivity contribution in [3.05, 3.63) is 45.2 Å². The van der Waals surface area contributed by atoms with Gasteiger partial charge in [0, 0.05) is 40.2 Å². The number of carbonyl (C=O) groups excluding carboxylic acids is 1. The van der Waals surface area contributed by atoms with Crippen molar-refractivity contribution in [2.75, 3.05) is 6.54 Å². The summed E-state index contributed by atoms with van der Waals surface area (Å²) in [4.78, 5) is 14.7. The van der Waals surface area contributed by atoms with E-state index in [4.69, 9.17) is 23.2 Å². The maximum absolute atomic E-state index is 13.3. The summed E-state index contributed by atoms with van der Waals surface area (Å²) in [5, 5.41) is 2.95. The summed E-state index contributed by atoms with van der Waals surface area (Å²) in [5.41, 5.74) is -11.1. The van der Waals surface area contributed by atoms with Crippen LogP contribution >= 0.6 is 23.2 Å². The molecule has 1 aliphatic carbocycles. The monoisotopic (exact) mass is 643 g/mol. The first-order chi connectivity index (χ1) is 17.8. The molecule has 1 unspecified atom stereocenters. The predicted molar refractivity (Wildman–Crippen MR) is 124 cm³/mol. The van der Waals surface area contributed by atoms with Gasteiger partial charge in [-0.15, -0.1) is 0 Å². The SMILES string of the molecule is O=C1[C@H](Cc2c(Cl)cc(OS(=O)(=O)C(F)(F)F)cc2Cl)CCN1C1CCCc2c1cnn2S(=O)(=O)C(F)(F)F. The Morgan fingerprint density at radius 2 is 1.62 bits per heavy atom. The van der Waals surface area contributed by atoms with E-state index < -0.39 is 54.8 Å². The summed E-state index contributed by atoms with van der Waals surface area (Å²) in [6.07, 6.45) is 1.84. The van der Waals surface area contributed by atoms with E-state index in [0.717, 1.165) is 18.3 Å². The zero-order valence-electron chi connectivity index (χ0n) is 19.3. The van der Waals surface area contributed by atoms with Gasteiger partial charge >= 0.3 is 31.2 Å². The summed E-state index contributed by atoms with van der Waals surface area (Å²) in [6, 6.07) is 0.899. The number of carbonyl (C=O) groups is 1. The molecule has 0 radical (unpaired) electrons. The summed E-state index contributed by atoms with van der Waals surface area (Å²) in [5.74, 6) is -1.94. The number of likely N-dealkylation sites (tertiary alicyclic amines) is 1. The van der Waals surface area contributed by atoms with E-state index in [-0.39, 0.29) is 56.8 Å². The predicted octanol–water partition coefficient (Wildman–Crippen LogP) is 4.58. The first-order valence-electron chi connectivity index (χ1n) is 11.0. The third-order valence-corrected chi connectivity index (χ3v) is 9.43. The number of benzene rings is 1. The molecule has 0 saturated carbocycles. The maximum Gasteiger partial charge on any atom is 0.534 e. The molecule has 0 spiro atoms. The molecular formula is C20H17Cl2F6N3O6S2. The number of aromatic nitrogens is 2. The highest BCUT2D eigenvalue weighted by atomic mass is 35.5. The molecule has 216 valence electrons. The molecule has 19 heteroatoms. The van der Waals surface area contributed by atoms with Gasteiger partial charge in [0.1, 0.15) is 5.75 Å². The number of fused-ring (bicyclic) bond motifs is 1. The van der Waals surface area contributed by atoms with Gasteiger partial charge in [-0.05, 0) is 37.7 Å². The number of hydrogen-bond donors (Lipinski definition) is 0. The summed E-state index contributed by atoms with van der Waals surface area (Å²) in [7, 11) is -11.7. The molecule has 1 saturated heterocycles. The molecule has 2 heterocycles. The molecule has 0 bridgehead atoms. The van der Waals surface area contributed by atoms with Gasteiger partial charge in [-0.25, -0.2) is 0 Å². The average molecular weight is 644 g/mol. The topological polar surface area (TPSA) is 116 Å². The van der Waals surface area contributed by atoms with Crippen LogP contribution in [0.2, 0.25) is 10.0 Å². The fourth-order valence-electron chi connectivity index (χ4n) is 4.64. The molecule has 9 nitrogen and oxygen atoms in total. The fourth-order valence-corrected chi connectivity index (χ4v) is 6.56. The minimum absolute atomic E-state index is 0.0102. The quantitative estimate of drug-likeness (QED) is 0.257. The molecular weight excluding hydrogens is 627 g/mol. The molecule has 1 fully saturated rings. The van der Waals surface area contributed by atoms with Crippen LogP contribution in [0.15, 0.2) is 18.3 Å². The van der Waals surface area contributed by atoms with Gasteiger partial charge in [-0.3, -0.25) is 4.79 Å². The van der Waals surface area contributed by atoms with Crippen LogP contribution in [-0.2, 0) is 37.8 Å². The van der Waals surface area contributed by atoms with Crippen LogP contribution in [0, 0.1) is 5.92 Å². The highest BCUT2D eigenvalue weighted by Crippen LogP contribution is 2.41. The Hall–Kier alpha value is -2.24. The minimum atomic E-state index is -5.97. The summed E-state index contributed by atoms with van der Waals surface area (Å²) < 4.78 is 127. The zero-order valence-corrected chi connectivity index (χ0v) is 22.4. The standard InChI is InChI=1S/C20H17Cl2F6N3O6S2/c21-14-7-11(37-39(35,36)20(26,27)28)8-15(22)12(14)6-10-4-5-30(18(10)32)16-2-1-3-17-13(16)9-29-31(17)38(33,34)19(23,24)25/h7-10,16H,1-6H2/t10-,16?/m0/s1. The Morgan fingerprint density at radius 3 is 2.18 bits per heavy atom. The van der Waals surface area contributed by atoms with Crippen molar-refractivity contribution in [2.45, 2.75) is 49.2 Å². The molecule has 1 aromatic heterocycles. The van der Waals surface area contributed by atoms with Crippen molar-refractivity contribution in [3.8, 4) is 5.75 Å². The molecule has 1 aromatic carbocycles. The van der Waals surface area contributed by atoms with Gasteiger partial charge in [0.15, 0.2) is 0 Å². The van der Waals surface area contributed by atoms with Gasteiger partial charge < -0.3 is 9.08 Å². The summed E-state index contributed by atoms with van der Waals surface area (Å²) in [6.45, 7) is 0.172. The first-order valence-corrected chi connectivity index (χ1v) is 14.6. The molecule has 1 amide bonds. The lowest BCUT2D eigenvalue weighted by atomic mass is 9.92. The third kappa shape index (κ3) is 5.41. The Labute approximate surface area is 227 Å². The fraction of sp³-hybridized carbons (Fsp3) is 0.500. The van der Waals surface area contributed by atoms with Crippen LogP contribution in [0.25, 0.3) is 0 Å². The van der Waals surface area contributed by atoms with Crippen LogP contribution in [-0.4, -0.2) is 54.4 Å². The Bertz CT molecular complexity index is 1500. The highest BCUT2D eigenvalue weighted by Gasteiger charge is 2.51. The maximum atomic E-state index is 13.3. The third-order valence-electron chi connectivity index (χ3n) is 6.42. The van der Waals surface area contributed by atoms with Gasteiger partial charge in [0.2, 0.25) is 5.91 Å². The van der Waals surface area contributed by atoms with Crippen LogP contribution < -0.4 is 4.18 Å². The lowest BCUT2D eigenvalue weighted by Crippen LogP contribution is -2.36. The van der Waals surface area contributed by atoms with Crippen LogP contribution in [0.3, 0.4) is 0 Å². The molecule has 39 heavy (non-hydrogen) atoms. The smallest absolute Gasteiger partial charge is 0.376 e. The molecule has 2 aliphatic rings. The molecule has 2 aromatic rings. The Kier molecular flexibility index (Phi) is 7.62.